The highest BCUT2D eigenvalue weighted by molar-refractivity contribution is 9.10. The van der Waals surface area contributed by atoms with E-state index in [-0.39, 0.29) is 0 Å². The number of halogens is 2. The van der Waals surface area contributed by atoms with Gasteiger partial charge in [0.1, 0.15) is 11.6 Å². The smallest absolute Gasteiger partial charge is 0.171 e. The SMILES string of the molecule is CCc1nnc(Nc2ccc(Cl)cc2Br)c(C#N)c1CC. The van der Waals surface area contributed by atoms with Crippen molar-refractivity contribution in [3.63, 3.8) is 0 Å². The Morgan fingerprint density at radius 3 is 2.62 bits per heavy atom. The largest absolute Gasteiger partial charge is 0.337 e. The van der Waals surface area contributed by atoms with Gasteiger partial charge in [0, 0.05) is 9.50 Å². The van der Waals surface area contributed by atoms with Gasteiger partial charge in [-0.2, -0.15) is 10.4 Å². The topological polar surface area (TPSA) is 61.6 Å². The summed E-state index contributed by atoms with van der Waals surface area (Å²) in [5, 5.41) is 21.6. The first-order valence-corrected chi connectivity index (χ1v) is 7.78. The van der Waals surface area contributed by atoms with Gasteiger partial charge >= 0.3 is 0 Å². The van der Waals surface area contributed by atoms with Gasteiger partial charge in [-0.15, -0.1) is 5.10 Å². The summed E-state index contributed by atoms with van der Waals surface area (Å²) in [5.41, 5.74) is 3.15. The molecular formula is C15H14BrClN4. The number of aryl methyl sites for hydroxylation is 1. The van der Waals surface area contributed by atoms with Crippen LogP contribution in [-0.4, -0.2) is 10.2 Å². The zero-order valence-electron chi connectivity index (χ0n) is 11.7. The summed E-state index contributed by atoms with van der Waals surface area (Å²) < 4.78 is 0.804. The molecule has 0 amide bonds. The Morgan fingerprint density at radius 1 is 1.29 bits per heavy atom. The lowest BCUT2D eigenvalue weighted by molar-refractivity contribution is 0.877. The van der Waals surface area contributed by atoms with Crippen LogP contribution in [0.3, 0.4) is 0 Å². The normalized spacial score (nSPS) is 10.2. The van der Waals surface area contributed by atoms with Crippen molar-refractivity contribution in [2.45, 2.75) is 26.7 Å². The van der Waals surface area contributed by atoms with Gasteiger partial charge in [-0.1, -0.05) is 25.4 Å². The molecule has 0 aliphatic carbocycles. The predicted octanol–water partition coefficient (Wildman–Crippen LogP) is 4.63. The zero-order valence-corrected chi connectivity index (χ0v) is 14.1. The Hall–Kier alpha value is -1.64. The number of nitriles is 1. The molecule has 1 aromatic carbocycles. The van der Waals surface area contributed by atoms with E-state index in [0.717, 1.165) is 34.3 Å². The fraction of sp³-hybridized carbons (Fsp3) is 0.267. The van der Waals surface area contributed by atoms with E-state index in [1.807, 2.05) is 19.9 Å². The van der Waals surface area contributed by atoms with Crippen LogP contribution in [-0.2, 0) is 12.8 Å². The summed E-state index contributed by atoms with van der Waals surface area (Å²) in [5.74, 6) is 0.467. The van der Waals surface area contributed by atoms with Gasteiger partial charge in [0.15, 0.2) is 5.82 Å². The predicted molar refractivity (Wildman–Crippen MR) is 87.9 cm³/mol. The van der Waals surface area contributed by atoms with E-state index in [4.69, 9.17) is 11.6 Å². The zero-order chi connectivity index (χ0) is 15.4. The molecule has 1 aromatic heterocycles. The Kier molecular flexibility index (Phi) is 5.16. The van der Waals surface area contributed by atoms with E-state index in [1.165, 1.54) is 0 Å². The average molecular weight is 366 g/mol. The third-order valence-corrected chi connectivity index (χ3v) is 4.03. The second-order valence-corrected chi connectivity index (χ2v) is 5.71. The highest BCUT2D eigenvalue weighted by atomic mass is 79.9. The first-order valence-electron chi connectivity index (χ1n) is 6.61. The number of anilines is 2. The lowest BCUT2D eigenvalue weighted by Crippen LogP contribution is -2.07. The molecule has 0 atom stereocenters. The molecule has 0 unspecified atom stereocenters. The molecule has 2 aromatic rings. The fourth-order valence-corrected chi connectivity index (χ4v) is 2.88. The summed E-state index contributed by atoms with van der Waals surface area (Å²) in [6, 6.07) is 7.62. The van der Waals surface area contributed by atoms with Gasteiger partial charge in [-0.05, 0) is 52.5 Å². The Labute approximate surface area is 137 Å². The maximum absolute atomic E-state index is 9.45. The van der Waals surface area contributed by atoms with E-state index in [0.29, 0.717) is 16.4 Å². The van der Waals surface area contributed by atoms with Gasteiger partial charge in [0.25, 0.3) is 0 Å². The average Bonchev–Trinajstić information content (AvgIpc) is 2.49. The minimum absolute atomic E-state index is 0.467. The van der Waals surface area contributed by atoms with Crippen molar-refractivity contribution in [2.24, 2.45) is 0 Å². The Morgan fingerprint density at radius 2 is 2.05 bits per heavy atom. The van der Waals surface area contributed by atoms with Crippen LogP contribution in [0.5, 0.6) is 0 Å². The standard InChI is InChI=1S/C15H14BrClN4/c1-3-10-11(8-18)15(21-20-13(10)4-2)19-14-6-5-9(17)7-12(14)16/h5-7H,3-4H2,1-2H3,(H,19,21). The van der Waals surface area contributed by atoms with Crippen LogP contribution in [0.1, 0.15) is 30.7 Å². The lowest BCUT2D eigenvalue weighted by atomic mass is 10.0. The van der Waals surface area contributed by atoms with Crippen LogP contribution in [0.4, 0.5) is 11.5 Å². The monoisotopic (exact) mass is 364 g/mol. The second-order valence-electron chi connectivity index (χ2n) is 4.42. The third-order valence-electron chi connectivity index (χ3n) is 3.14. The Bertz CT molecular complexity index is 710. The van der Waals surface area contributed by atoms with Crippen molar-refractivity contribution in [3.8, 4) is 6.07 Å². The van der Waals surface area contributed by atoms with Gasteiger partial charge in [0.05, 0.1) is 11.4 Å². The molecule has 0 saturated heterocycles. The molecule has 1 heterocycles. The van der Waals surface area contributed by atoms with Crippen molar-refractivity contribution in [1.82, 2.24) is 10.2 Å². The number of hydrogen-bond donors (Lipinski definition) is 1. The third kappa shape index (κ3) is 3.34. The quantitative estimate of drug-likeness (QED) is 0.858. The highest BCUT2D eigenvalue weighted by Crippen LogP contribution is 2.30. The molecule has 2 rings (SSSR count). The molecule has 6 heteroatoms. The van der Waals surface area contributed by atoms with E-state index in [2.05, 4.69) is 37.5 Å². The van der Waals surface area contributed by atoms with Crippen LogP contribution in [0.15, 0.2) is 22.7 Å². The number of nitrogens with zero attached hydrogens (tertiary/aromatic N) is 3. The molecule has 108 valence electrons. The van der Waals surface area contributed by atoms with Crippen LogP contribution in [0.2, 0.25) is 5.02 Å². The van der Waals surface area contributed by atoms with Gasteiger partial charge in [-0.25, -0.2) is 0 Å². The molecule has 21 heavy (non-hydrogen) atoms. The minimum atomic E-state index is 0.467. The van der Waals surface area contributed by atoms with E-state index in [9.17, 15) is 5.26 Å². The number of rotatable bonds is 4. The van der Waals surface area contributed by atoms with Crippen molar-refractivity contribution in [2.75, 3.05) is 5.32 Å². The van der Waals surface area contributed by atoms with Crippen LogP contribution < -0.4 is 5.32 Å². The molecular weight excluding hydrogens is 352 g/mol. The van der Waals surface area contributed by atoms with E-state index in [1.54, 1.807) is 12.1 Å². The molecule has 0 bridgehead atoms. The molecule has 0 radical (unpaired) electrons. The molecule has 0 aliphatic heterocycles. The van der Waals surface area contributed by atoms with Crippen LogP contribution in [0.25, 0.3) is 0 Å². The maximum Gasteiger partial charge on any atom is 0.171 e. The van der Waals surface area contributed by atoms with Gasteiger partial charge < -0.3 is 5.32 Å². The first-order chi connectivity index (χ1) is 10.1. The van der Waals surface area contributed by atoms with Crippen molar-refractivity contribution in [1.29, 1.82) is 5.26 Å². The number of nitrogens with one attached hydrogen (secondary N) is 1. The number of aromatic nitrogens is 2. The summed E-state index contributed by atoms with van der Waals surface area (Å²) in [7, 11) is 0. The van der Waals surface area contributed by atoms with Gasteiger partial charge in [0.2, 0.25) is 0 Å². The number of benzene rings is 1. The lowest BCUT2D eigenvalue weighted by Gasteiger charge is -2.13. The molecule has 1 N–H and O–H groups in total. The maximum atomic E-state index is 9.45. The van der Waals surface area contributed by atoms with Crippen molar-refractivity contribution in [3.05, 3.63) is 44.5 Å². The van der Waals surface area contributed by atoms with Crippen LogP contribution >= 0.6 is 27.5 Å². The second kappa shape index (κ2) is 6.88. The molecule has 0 fully saturated rings. The molecule has 4 nitrogen and oxygen atoms in total. The number of hydrogen-bond acceptors (Lipinski definition) is 4. The van der Waals surface area contributed by atoms with Crippen molar-refractivity contribution >= 4 is 39.0 Å². The Balaban J connectivity index is 2.47. The fourth-order valence-electron chi connectivity index (χ4n) is 2.10. The molecule has 0 saturated carbocycles. The van der Waals surface area contributed by atoms with Gasteiger partial charge in [-0.3, -0.25) is 0 Å². The van der Waals surface area contributed by atoms with Crippen molar-refractivity contribution < 1.29 is 0 Å². The first kappa shape index (κ1) is 15.7. The van der Waals surface area contributed by atoms with E-state index < -0.39 is 0 Å². The highest BCUT2D eigenvalue weighted by Gasteiger charge is 2.15. The molecule has 0 aliphatic rings. The summed E-state index contributed by atoms with van der Waals surface area (Å²) >= 11 is 9.36. The van der Waals surface area contributed by atoms with E-state index >= 15 is 0 Å². The van der Waals surface area contributed by atoms with Crippen LogP contribution in [0, 0.1) is 11.3 Å². The summed E-state index contributed by atoms with van der Waals surface area (Å²) in [4.78, 5) is 0. The summed E-state index contributed by atoms with van der Waals surface area (Å²) in [6.45, 7) is 4.02. The minimum Gasteiger partial charge on any atom is -0.337 e. The summed E-state index contributed by atoms with van der Waals surface area (Å²) in [6.07, 6.45) is 1.51. The molecule has 0 spiro atoms.